The minimum Gasteiger partial charge on any atom is -0.424 e. The summed E-state index contributed by atoms with van der Waals surface area (Å²) in [5, 5.41) is 0. The maximum Gasteiger partial charge on any atom is 0.162 e. The average Bonchev–Trinajstić information content (AvgIpc) is 2.55. The Morgan fingerprint density at radius 2 is 1.46 bits per heavy atom. The number of hydrogen-bond acceptors (Lipinski definition) is 3. The van der Waals surface area contributed by atoms with E-state index in [1.807, 2.05) is 0 Å². The highest BCUT2D eigenvalue weighted by molar-refractivity contribution is 6.27. The molecule has 4 heteroatoms. The van der Waals surface area contributed by atoms with Crippen molar-refractivity contribution in [1.82, 2.24) is 9.80 Å². The minimum absolute atomic E-state index is 0.390. The lowest BCUT2D eigenvalue weighted by atomic mass is 9.82. The van der Waals surface area contributed by atoms with Crippen LogP contribution < -0.4 is 0 Å². The smallest absolute Gasteiger partial charge is 0.162 e. The maximum atomic E-state index is 6.22. The summed E-state index contributed by atoms with van der Waals surface area (Å²) in [6.07, 6.45) is 12.2. The van der Waals surface area contributed by atoms with Crippen LogP contribution in [0.1, 0.15) is 78.6 Å². The van der Waals surface area contributed by atoms with Crippen molar-refractivity contribution < 1.29 is 4.43 Å². The Hall–Kier alpha value is 0.0969. The summed E-state index contributed by atoms with van der Waals surface area (Å²) < 4.78 is 6.22. The second kappa shape index (κ2) is 16.1. The van der Waals surface area contributed by atoms with Gasteiger partial charge in [-0.1, -0.05) is 46.5 Å². The van der Waals surface area contributed by atoms with Crippen LogP contribution in [0.4, 0.5) is 0 Å². The summed E-state index contributed by atoms with van der Waals surface area (Å²) in [5.41, 5.74) is 0.489. The van der Waals surface area contributed by atoms with Crippen molar-refractivity contribution in [3.8, 4) is 0 Å². The second-order valence-electron chi connectivity index (χ2n) is 9.40. The first-order chi connectivity index (χ1) is 12.3. The molecule has 0 aliphatic rings. The largest absolute Gasteiger partial charge is 0.424 e. The normalized spacial score (nSPS) is 14.2. The molecule has 0 aromatic carbocycles. The third-order valence-corrected chi connectivity index (χ3v) is 7.51. The molecule has 1 atom stereocenters. The van der Waals surface area contributed by atoms with Gasteiger partial charge in [0.1, 0.15) is 0 Å². The predicted molar refractivity (Wildman–Crippen MR) is 121 cm³/mol. The highest BCUT2D eigenvalue weighted by Crippen LogP contribution is 2.33. The van der Waals surface area contributed by atoms with E-state index in [0.717, 1.165) is 12.5 Å². The van der Waals surface area contributed by atoms with Gasteiger partial charge >= 0.3 is 0 Å². The van der Waals surface area contributed by atoms with Crippen LogP contribution >= 0.6 is 0 Å². The zero-order valence-corrected chi connectivity index (χ0v) is 20.7. The van der Waals surface area contributed by atoms with Gasteiger partial charge in [0.05, 0.1) is 0 Å². The zero-order valence-electron chi connectivity index (χ0n) is 19.3. The monoisotopic (exact) mass is 386 g/mol. The van der Waals surface area contributed by atoms with Crippen LogP contribution in [0.15, 0.2) is 0 Å². The molecule has 3 nitrogen and oxygen atoms in total. The molecule has 1 unspecified atom stereocenters. The SMILES string of the molecule is CCCCCCC(C)CO[SiH2]CC(C)(CCCN(C)C)CCCN(C)C. The van der Waals surface area contributed by atoms with Gasteiger partial charge in [-0.25, -0.2) is 0 Å². The Morgan fingerprint density at radius 1 is 0.885 bits per heavy atom. The van der Waals surface area contributed by atoms with Gasteiger partial charge < -0.3 is 14.2 Å². The van der Waals surface area contributed by atoms with Gasteiger partial charge in [0, 0.05) is 6.61 Å². The molecule has 0 spiro atoms. The van der Waals surface area contributed by atoms with Crippen molar-refractivity contribution in [3.05, 3.63) is 0 Å². The van der Waals surface area contributed by atoms with Gasteiger partial charge in [-0.3, -0.25) is 0 Å². The molecule has 0 aliphatic carbocycles. The number of rotatable bonds is 18. The van der Waals surface area contributed by atoms with Gasteiger partial charge in [0.15, 0.2) is 9.76 Å². The fourth-order valence-electron chi connectivity index (χ4n) is 3.63. The molecule has 158 valence electrons. The first-order valence-corrected chi connectivity index (χ1v) is 12.7. The quantitative estimate of drug-likeness (QED) is 0.248. The maximum absolute atomic E-state index is 6.22. The molecule has 0 aromatic rings. The molecular formula is C22H50N2OSi. The van der Waals surface area contributed by atoms with E-state index in [1.165, 1.54) is 76.9 Å². The standard InChI is InChI=1S/C22H50N2OSi/c1-8-9-10-11-14-21(2)19-25-26-20-22(3,15-12-17-23(4)5)16-13-18-24(6)7/h21H,8-20,26H2,1-7H3. The molecule has 0 saturated carbocycles. The Kier molecular flexibility index (Phi) is 16.1. The Morgan fingerprint density at radius 3 is 1.96 bits per heavy atom. The highest BCUT2D eigenvalue weighted by Gasteiger charge is 2.24. The molecule has 0 aliphatic heterocycles. The van der Waals surface area contributed by atoms with E-state index < -0.39 is 9.76 Å². The predicted octanol–water partition coefficient (Wildman–Crippen LogP) is 4.80. The van der Waals surface area contributed by atoms with Crippen LogP contribution in [0.5, 0.6) is 0 Å². The van der Waals surface area contributed by atoms with Crippen LogP contribution in [-0.2, 0) is 4.43 Å². The number of hydrogen-bond donors (Lipinski definition) is 0. The topological polar surface area (TPSA) is 15.7 Å². The molecule has 0 N–H and O–H groups in total. The molecule has 0 heterocycles. The molecule has 0 fully saturated rings. The van der Waals surface area contributed by atoms with Crippen LogP contribution in [0, 0.1) is 11.3 Å². The van der Waals surface area contributed by atoms with Crippen molar-refractivity contribution in [2.45, 2.75) is 84.6 Å². The lowest BCUT2D eigenvalue weighted by molar-refractivity contribution is 0.227. The lowest BCUT2D eigenvalue weighted by Crippen LogP contribution is -2.25. The fourth-order valence-corrected chi connectivity index (χ4v) is 5.33. The summed E-state index contributed by atoms with van der Waals surface area (Å²) in [5.74, 6) is 0.744. The van der Waals surface area contributed by atoms with Crippen LogP contribution in [0.2, 0.25) is 6.04 Å². The summed E-state index contributed by atoms with van der Waals surface area (Å²) in [6, 6.07) is 1.34. The van der Waals surface area contributed by atoms with E-state index in [1.54, 1.807) is 0 Å². The Balaban J connectivity index is 4.10. The van der Waals surface area contributed by atoms with E-state index >= 15 is 0 Å². The first kappa shape index (κ1) is 26.1. The second-order valence-corrected chi connectivity index (χ2v) is 10.7. The molecule has 26 heavy (non-hydrogen) atoms. The average molecular weight is 387 g/mol. The van der Waals surface area contributed by atoms with Crippen LogP contribution in [-0.4, -0.2) is 67.5 Å². The summed E-state index contributed by atoms with van der Waals surface area (Å²) in [7, 11) is 8.34. The minimum atomic E-state index is -0.390. The summed E-state index contributed by atoms with van der Waals surface area (Å²) >= 11 is 0. The van der Waals surface area contributed by atoms with Crippen molar-refractivity contribution in [2.24, 2.45) is 11.3 Å². The summed E-state index contributed by atoms with van der Waals surface area (Å²) in [6.45, 7) is 10.6. The van der Waals surface area contributed by atoms with E-state index in [9.17, 15) is 0 Å². The molecule has 0 radical (unpaired) electrons. The lowest BCUT2D eigenvalue weighted by Gasteiger charge is -2.31. The van der Waals surface area contributed by atoms with Gasteiger partial charge in [-0.15, -0.1) is 0 Å². The van der Waals surface area contributed by atoms with Gasteiger partial charge in [-0.05, 0) is 90.8 Å². The molecule has 0 amide bonds. The fraction of sp³-hybridized carbons (Fsp3) is 1.00. The molecule has 0 rings (SSSR count). The molecule has 0 aromatic heterocycles. The van der Waals surface area contributed by atoms with Crippen LogP contribution in [0.3, 0.4) is 0 Å². The van der Waals surface area contributed by atoms with E-state index in [0.29, 0.717) is 5.41 Å². The first-order valence-electron chi connectivity index (χ1n) is 11.2. The number of nitrogens with zero attached hydrogens (tertiary/aromatic N) is 2. The third-order valence-electron chi connectivity index (χ3n) is 5.57. The van der Waals surface area contributed by atoms with Gasteiger partial charge in [0.25, 0.3) is 0 Å². The van der Waals surface area contributed by atoms with Gasteiger partial charge in [0.2, 0.25) is 0 Å². The Bertz CT molecular complexity index is 297. The Labute approximate surface area is 168 Å². The van der Waals surface area contributed by atoms with Gasteiger partial charge in [-0.2, -0.15) is 0 Å². The molecule has 0 saturated heterocycles. The highest BCUT2D eigenvalue weighted by atomic mass is 28.2. The van der Waals surface area contributed by atoms with E-state index in [2.05, 4.69) is 58.8 Å². The van der Waals surface area contributed by atoms with Crippen LogP contribution in [0.25, 0.3) is 0 Å². The molecular weight excluding hydrogens is 336 g/mol. The molecule has 0 bridgehead atoms. The van der Waals surface area contributed by atoms with Crippen molar-refractivity contribution >= 4 is 9.76 Å². The van der Waals surface area contributed by atoms with Crippen molar-refractivity contribution in [1.29, 1.82) is 0 Å². The van der Waals surface area contributed by atoms with Crippen molar-refractivity contribution in [2.75, 3.05) is 47.9 Å². The summed E-state index contributed by atoms with van der Waals surface area (Å²) in [4.78, 5) is 4.63. The van der Waals surface area contributed by atoms with E-state index in [4.69, 9.17) is 4.43 Å². The third kappa shape index (κ3) is 16.3. The van der Waals surface area contributed by atoms with Crippen molar-refractivity contribution in [3.63, 3.8) is 0 Å². The number of unbranched alkanes of at least 4 members (excludes halogenated alkanes) is 3. The zero-order chi connectivity index (χ0) is 19.8. The van der Waals surface area contributed by atoms with E-state index in [-0.39, 0.29) is 0 Å².